The van der Waals surface area contributed by atoms with Crippen molar-refractivity contribution < 1.29 is 33.4 Å². The summed E-state index contributed by atoms with van der Waals surface area (Å²) in [4.78, 5) is 37.6. The van der Waals surface area contributed by atoms with Crippen molar-refractivity contribution >= 4 is 17.7 Å². The highest BCUT2D eigenvalue weighted by Crippen LogP contribution is 2.47. The molecular formula is C19H23FO6. The maximum atomic E-state index is 14.5. The smallest absolute Gasteiger partial charge is 0.317 e. The molecule has 0 spiro atoms. The van der Waals surface area contributed by atoms with Crippen molar-refractivity contribution in [1.82, 2.24) is 0 Å². The highest BCUT2D eigenvalue weighted by Gasteiger charge is 2.57. The van der Waals surface area contributed by atoms with Crippen molar-refractivity contribution in [2.24, 2.45) is 11.8 Å². The van der Waals surface area contributed by atoms with Crippen LogP contribution in [0.25, 0.3) is 0 Å². The van der Waals surface area contributed by atoms with Crippen LogP contribution in [-0.4, -0.2) is 41.6 Å². The summed E-state index contributed by atoms with van der Waals surface area (Å²) in [5.74, 6) is -6.78. The van der Waals surface area contributed by atoms with Crippen LogP contribution in [0.2, 0.25) is 0 Å². The van der Waals surface area contributed by atoms with E-state index in [0.29, 0.717) is 0 Å². The fourth-order valence-corrected chi connectivity index (χ4v) is 3.60. The van der Waals surface area contributed by atoms with Gasteiger partial charge in [-0.3, -0.25) is 14.4 Å². The summed E-state index contributed by atoms with van der Waals surface area (Å²) >= 11 is 0. The van der Waals surface area contributed by atoms with Crippen LogP contribution in [0.4, 0.5) is 4.39 Å². The molecule has 1 aliphatic carbocycles. The van der Waals surface area contributed by atoms with Crippen LogP contribution >= 0.6 is 0 Å². The molecule has 26 heavy (non-hydrogen) atoms. The predicted octanol–water partition coefficient (Wildman–Crippen LogP) is 1.99. The van der Waals surface area contributed by atoms with E-state index in [2.05, 4.69) is 0 Å². The Morgan fingerprint density at radius 2 is 1.77 bits per heavy atom. The van der Waals surface area contributed by atoms with Crippen molar-refractivity contribution in [3.05, 3.63) is 35.6 Å². The molecule has 0 saturated heterocycles. The quantitative estimate of drug-likeness (QED) is 0.633. The fourth-order valence-electron chi connectivity index (χ4n) is 3.60. The molecule has 1 saturated carbocycles. The first-order chi connectivity index (χ1) is 12.2. The number of Topliss-reactive ketones (excluding diaryl/α,β-unsaturated/α-hetero) is 1. The van der Waals surface area contributed by atoms with E-state index in [1.54, 1.807) is 13.8 Å². The van der Waals surface area contributed by atoms with E-state index in [9.17, 15) is 23.9 Å². The summed E-state index contributed by atoms with van der Waals surface area (Å²) in [6.07, 6.45) is -0.426. The van der Waals surface area contributed by atoms with Gasteiger partial charge in [0, 0.05) is 12.3 Å². The third kappa shape index (κ3) is 3.77. The number of carbonyl (C=O) groups is 3. The number of halogens is 1. The number of carbonyl (C=O) groups excluding carboxylic acids is 3. The average Bonchev–Trinajstić information content (AvgIpc) is 2.54. The Morgan fingerprint density at radius 1 is 1.19 bits per heavy atom. The maximum Gasteiger partial charge on any atom is 0.317 e. The minimum Gasteiger partial charge on any atom is -0.466 e. The van der Waals surface area contributed by atoms with Gasteiger partial charge in [0.15, 0.2) is 5.78 Å². The van der Waals surface area contributed by atoms with Gasteiger partial charge in [-0.15, -0.1) is 0 Å². The average molecular weight is 366 g/mol. The second-order valence-electron chi connectivity index (χ2n) is 6.51. The minimum absolute atomic E-state index is 0.00284. The zero-order valence-corrected chi connectivity index (χ0v) is 15.0. The Balaban J connectivity index is 2.64. The van der Waals surface area contributed by atoms with E-state index in [4.69, 9.17) is 9.47 Å². The van der Waals surface area contributed by atoms with Crippen LogP contribution < -0.4 is 0 Å². The monoisotopic (exact) mass is 366 g/mol. The molecule has 7 heteroatoms. The normalized spacial score (nSPS) is 28.5. The van der Waals surface area contributed by atoms with Gasteiger partial charge >= 0.3 is 11.9 Å². The highest BCUT2D eigenvalue weighted by atomic mass is 19.1. The lowest BCUT2D eigenvalue weighted by Gasteiger charge is -2.43. The molecule has 142 valence electrons. The zero-order chi connectivity index (χ0) is 19.5. The summed E-state index contributed by atoms with van der Waals surface area (Å²) in [6, 6.07) is 5.57. The zero-order valence-electron chi connectivity index (χ0n) is 15.0. The third-order valence-electron chi connectivity index (χ3n) is 4.61. The van der Waals surface area contributed by atoms with Gasteiger partial charge in [0.05, 0.1) is 24.7 Å². The number of aliphatic hydroxyl groups is 1. The van der Waals surface area contributed by atoms with E-state index >= 15 is 0 Å². The van der Waals surface area contributed by atoms with Crippen LogP contribution in [0.15, 0.2) is 24.3 Å². The minimum atomic E-state index is -1.78. The molecule has 0 unspecified atom stereocenters. The lowest BCUT2D eigenvalue weighted by atomic mass is 9.61. The van der Waals surface area contributed by atoms with E-state index in [-0.39, 0.29) is 18.8 Å². The van der Waals surface area contributed by atoms with Crippen molar-refractivity contribution in [1.29, 1.82) is 0 Å². The molecule has 1 N–H and O–H groups in total. The standard InChI is InChI=1S/C19H23FO6/c1-4-25-17(22)15-13(21)10-19(3,24)16(18(23)26-5-2)14(15)11-8-6-7-9-12(11)20/h6-9,14-16,24H,4-5,10H2,1-3H3/t14-,15-,16+,19+/m1/s1. The maximum absolute atomic E-state index is 14.5. The summed E-state index contributed by atoms with van der Waals surface area (Å²) in [5.41, 5.74) is -1.78. The second kappa shape index (κ2) is 7.95. The molecular weight excluding hydrogens is 343 g/mol. The summed E-state index contributed by atoms with van der Waals surface area (Å²) in [5, 5.41) is 10.8. The Morgan fingerprint density at radius 3 is 2.35 bits per heavy atom. The van der Waals surface area contributed by atoms with E-state index in [0.717, 1.165) is 0 Å². The molecule has 0 radical (unpaired) electrons. The Labute approximate surface area is 151 Å². The molecule has 0 amide bonds. The predicted molar refractivity (Wildman–Crippen MR) is 89.6 cm³/mol. The molecule has 0 heterocycles. The second-order valence-corrected chi connectivity index (χ2v) is 6.51. The number of rotatable bonds is 5. The fraction of sp³-hybridized carbons (Fsp3) is 0.526. The lowest BCUT2D eigenvalue weighted by molar-refractivity contribution is -0.172. The van der Waals surface area contributed by atoms with Gasteiger partial charge < -0.3 is 14.6 Å². The van der Waals surface area contributed by atoms with Crippen LogP contribution in [0.5, 0.6) is 0 Å². The molecule has 0 aromatic heterocycles. The lowest BCUT2D eigenvalue weighted by Crippen LogP contribution is -2.55. The number of benzene rings is 1. The Hall–Kier alpha value is -2.28. The summed E-state index contributed by atoms with van der Waals surface area (Å²) < 4.78 is 24.5. The molecule has 0 aliphatic heterocycles. The van der Waals surface area contributed by atoms with Gasteiger partial charge in [-0.05, 0) is 32.4 Å². The topological polar surface area (TPSA) is 89.9 Å². The number of ketones is 1. The molecule has 2 rings (SSSR count). The van der Waals surface area contributed by atoms with Gasteiger partial charge in [-0.2, -0.15) is 0 Å². The first-order valence-corrected chi connectivity index (χ1v) is 8.57. The van der Waals surface area contributed by atoms with Crippen LogP contribution in [0, 0.1) is 17.7 Å². The number of hydrogen-bond donors (Lipinski definition) is 1. The van der Waals surface area contributed by atoms with Crippen molar-refractivity contribution in [2.75, 3.05) is 13.2 Å². The molecule has 0 bridgehead atoms. The molecule has 4 atom stereocenters. The summed E-state index contributed by atoms with van der Waals surface area (Å²) in [6.45, 7) is 4.59. The molecule has 1 aromatic rings. The first-order valence-electron chi connectivity index (χ1n) is 8.57. The van der Waals surface area contributed by atoms with E-state index in [1.165, 1.54) is 31.2 Å². The van der Waals surface area contributed by atoms with Gasteiger partial charge in [0.25, 0.3) is 0 Å². The Kier molecular flexibility index (Phi) is 6.13. The highest BCUT2D eigenvalue weighted by molar-refractivity contribution is 6.02. The number of ether oxygens (including phenoxy) is 2. The van der Waals surface area contributed by atoms with Crippen LogP contribution in [0.1, 0.15) is 38.7 Å². The first kappa shape index (κ1) is 20.0. The molecule has 1 aromatic carbocycles. The van der Waals surface area contributed by atoms with Gasteiger partial charge in [-0.25, -0.2) is 4.39 Å². The number of esters is 2. The van der Waals surface area contributed by atoms with Crippen molar-refractivity contribution in [3.63, 3.8) is 0 Å². The van der Waals surface area contributed by atoms with Gasteiger partial charge in [0.2, 0.25) is 0 Å². The van der Waals surface area contributed by atoms with E-state index in [1.807, 2.05) is 0 Å². The Bertz CT molecular complexity index is 699. The SMILES string of the molecule is CCOC(=O)[C@@H]1C(=O)C[C@](C)(O)[C@H](C(=O)OCC)[C@@H]1c1ccccc1F. The number of hydrogen-bond acceptors (Lipinski definition) is 6. The van der Waals surface area contributed by atoms with Crippen molar-refractivity contribution in [2.45, 2.75) is 38.7 Å². The summed E-state index contributed by atoms with van der Waals surface area (Å²) in [7, 11) is 0. The van der Waals surface area contributed by atoms with Gasteiger partial charge in [-0.1, -0.05) is 18.2 Å². The van der Waals surface area contributed by atoms with Crippen LogP contribution in [0.3, 0.4) is 0 Å². The van der Waals surface area contributed by atoms with Gasteiger partial charge in [0.1, 0.15) is 11.7 Å². The molecule has 1 aliphatic rings. The van der Waals surface area contributed by atoms with Crippen LogP contribution in [-0.2, 0) is 23.9 Å². The van der Waals surface area contributed by atoms with Crippen molar-refractivity contribution in [3.8, 4) is 0 Å². The molecule has 1 fully saturated rings. The van der Waals surface area contributed by atoms with E-state index < -0.39 is 53.3 Å². The third-order valence-corrected chi connectivity index (χ3v) is 4.61. The largest absolute Gasteiger partial charge is 0.466 e. The molecule has 6 nitrogen and oxygen atoms in total.